The van der Waals surface area contributed by atoms with Crippen molar-refractivity contribution in [2.24, 2.45) is 11.8 Å². The Morgan fingerprint density at radius 1 is 1.06 bits per heavy atom. The van der Waals surface area contributed by atoms with E-state index in [2.05, 4.69) is 5.32 Å². The Balaban J connectivity index is 2.78. The zero-order valence-electron chi connectivity index (χ0n) is 9.33. The van der Waals surface area contributed by atoms with E-state index in [9.17, 15) is 26.3 Å². The van der Waals surface area contributed by atoms with Crippen LogP contribution in [0.3, 0.4) is 0 Å². The van der Waals surface area contributed by atoms with Crippen LogP contribution in [0.1, 0.15) is 25.7 Å². The molecule has 1 rings (SSSR count). The molecular weight excluding hydrogens is 248 g/mol. The molecular formula is C10H15F6N. The second-order valence-corrected chi connectivity index (χ2v) is 4.49. The summed E-state index contributed by atoms with van der Waals surface area (Å²) < 4.78 is 74.8. The van der Waals surface area contributed by atoms with Crippen LogP contribution in [0.15, 0.2) is 0 Å². The van der Waals surface area contributed by atoms with Crippen LogP contribution in [-0.4, -0.2) is 25.4 Å². The van der Waals surface area contributed by atoms with Crippen molar-refractivity contribution in [1.82, 2.24) is 5.32 Å². The second-order valence-electron chi connectivity index (χ2n) is 4.49. The first-order valence-corrected chi connectivity index (χ1v) is 5.47. The lowest BCUT2D eigenvalue weighted by Gasteiger charge is -2.35. The molecule has 0 radical (unpaired) electrons. The molecule has 1 saturated carbocycles. The zero-order valence-corrected chi connectivity index (χ0v) is 9.33. The van der Waals surface area contributed by atoms with Crippen LogP contribution < -0.4 is 5.32 Å². The molecule has 0 spiro atoms. The Morgan fingerprint density at radius 3 is 1.76 bits per heavy atom. The summed E-state index contributed by atoms with van der Waals surface area (Å²) in [6.45, 7) is 0. The molecule has 0 heterocycles. The van der Waals surface area contributed by atoms with Gasteiger partial charge in [-0.3, -0.25) is 0 Å². The van der Waals surface area contributed by atoms with Crippen LogP contribution in [0, 0.1) is 11.8 Å². The highest BCUT2D eigenvalue weighted by Crippen LogP contribution is 2.44. The quantitative estimate of drug-likeness (QED) is 0.765. The van der Waals surface area contributed by atoms with E-state index in [4.69, 9.17) is 0 Å². The fourth-order valence-corrected chi connectivity index (χ4v) is 2.15. The van der Waals surface area contributed by atoms with E-state index in [0.717, 1.165) is 26.3 Å². The second kappa shape index (κ2) is 5.04. The van der Waals surface area contributed by atoms with Crippen molar-refractivity contribution in [2.75, 3.05) is 7.05 Å². The molecule has 7 heteroatoms. The number of rotatable bonds is 4. The smallest absolute Gasteiger partial charge is 0.316 e. The minimum atomic E-state index is -5.25. The summed E-state index contributed by atoms with van der Waals surface area (Å²) in [7, 11) is 1.15. The fraction of sp³-hybridized carbons (Fsp3) is 1.00. The number of hydrogen-bond acceptors (Lipinski definition) is 1. The highest BCUT2D eigenvalue weighted by atomic mass is 19.4. The van der Waals surface area contributed by atoms with Gasteiger partial charge in [0.25, 0.3) is 0 Å². The van der Waals surface area contributed by atoms with Gasteiger partial charge in [0, 0.05) is 6.04 Å². The van der Waals surface area contributed by atoms with Crippen LogP contribution in [0.25, 0.3) is 0 Å². The molecule has 17 heavy (non-hydrogen) atoms. The topological polar surface area (TPSA) is 12.0 Å². The fourth-order valence-electron chi connectivity index (χ4n) is 2.15. The van der Waals surface area contributed by atoms with Crippen molar-refractivity contribution in [3.8, 4) is 0 Å². The third-order valence-electron chi connectivity index (χ3n) is 3.29. The van der Waals surface area contributed by atoms with E-state index in [0.29, 0.717) is 0 Å². The van der Waals surface area contributed by atoms with Crippen molar-refractivity contribution >= 4 is 0 Å². The first kappa shape index (κ1) is 14.6. The lowest BCUT2D eigenvalue weighted by Crippen LogP contribution is -2.51. The van der Waals surface area contributed by atoms with E-state index in [1.807, 2.05) is 0 Å². The van der Waals surface area contributed by atoms with Gasteiger partial charge in [0.15, 0.2) is 5.92 Å². The molecule has 1 N–H and O–H groups in total. The molecule has 1 aliphatic carbocycles. The standard InChI is InChI=1S/C10H15F6N/c1-17-7(5-6-3-2-4-6)8(9(11,12)13)10(14,15)16/h6-8,17H,2-5H2,1H3. The van der Waals surface area contributed by atoms with Crippen LogP contribution in [0.2, 0.25) is 0 Å². The van der Waals surface area contributed by atoms with Crippen molar-refractivity contribution in [2.45, 2.75) is 44.1 Å². The van der Waals surface area contributed by atoms with Gasteiger partial charge < -0.3 is 5.32 Å². The van der Waals surface area contributed by atoms with Crippen molar-refractivity contribution in [3.05, 3.63) is 0 Å². The molecule has 1 aliphatic rings. The maximum absolute atomic E-state index is 12.5. The monoisotopic (exact) mass is 263 g/mol. The van der Waals surface area contributed by atoms with Crippen LogP contribution in [-0.2, 0) is 0 Å². The predicted octanol–water partition coefficient (Wildman–Crippen LogP) is 3.51. The average Bonchev–Trinajstić information content (AvgIpc) is 2.03. The summed E-state index contributed by atoms with van der Waals surface area (Å²) in [6, 6.07) is -1.58. The normalized spacial score (nSPS) is 20.5. The summed E-state index contributed by atoms with van der Waals surface area (Å²) in [6.07, 6.45) is -8.24. The zero-order chi connectivity index (χ0) is 13.3. The molecule has 0 aromatic carbocycles. The Hall–Kier alpha value is -0.460. The molecule has 0 aliphatic heterocycles. The first-order chi connectivity index (χ1) is 7.66. The number of nitrogens with one attached hydrogen (secondary N) is 1. The van der Waals surface area contributed by atoms with Crippen molar-refractivity contribution in [3.63, 3.8) is 0 Å². The third-order valence-corrected chi connectivity index (χ3v) is 3.29. The van der Waals surface area contributed by atoms with Gasteiger partial charge in [0.2, 0.25) is 0 Å². The van der Waals surface area contributed by atoms with Crippen molar-refractivity contribution in [1.29, 1.82) is 0 Å². The van der Waals surface area contributed by atoms with E-state index >= 15 is 0 Å². The SMILES string of the molecule is CNC(CC1CCC1)C(C(F)(F)F)C(F)(F)F. The van der Waals surface area contributed by atoms with Crippen molar-refractivity contribution < 1.29 is 26.3 Å². The van der Waals surface area contributed by atoms with Gasteiger partial charge in [0.05, 0.1) is 0 Å². The number of hydrogen-bond donors (Lipinski definition) is 1. The summed E-state index contributed by atoms with van der Waals surface area (Å²) in [5.74, 6) is -3.29. The van der Waals surface area contributed by atoms with Gasteiger partial charge in [-0.1, -0.05) is 19.3 Å². The minimum Gasteiger partial charge on any atom is -0.316 e. The minimum absolute atomic E-state index is 0.0142. The van der Waals surface area contributed by atoms with Crippen LogP contribution >= 0.6 is 0 Å². The predicted molar refractivity (Wildman–Crippen MR) is 50.4 cm³/mol. The third kappa shape index (κ3) is 3.76. The van der Waals surface area contributed by atoms with Gasteiger partial charge in [-0.05, 0) is 19.4 Å². The molecule has 1 atom stereocenters. The summed E-state index contributed by atoms with van der Waals surface area (Å²) >= 11 is 0. The largest absolute Gasteiger partial charge is 0.401 e. The Morgan fingerprint density at radius 2 is 1.53 bits per heavy atom. The maximum Gasteiger partial charge on any atom is 0.401 e. The van der Waals surface area contributed by atoms with E-state index < -0.39 is 24.3 Å². The molecule has 1 fully saturated rings. The Labute approximate surface area is 95.6 Å². The Kier molecular flexibility index (Phi) is 4.33. The maximum atomic E-state index is 12.5. The number of halogens is 6. The molecule has 102 valence electrons. The van der Waals surface area contributed by atoms with Gasteiger partial charge >= 0.3 is 12.4 Å². The molecule has 0 aromatic rings. The van der Waals surface area contributed by atoms with E-state index in [1.54, 1.807) is 0 Å². The molecule has 0 amide bonds. The molecule has 0 saturated heterocycles. The van der Waals surface area contributed by atoms with Gasteiger partial charge in [-0.15, -0.1) is 0 Å². The lowest BCUT2D eigenvalue weighted by atomic mass is 9.78. The molecule has 1 unspecified atom stereocenters. The molecule has 0 aromatic heterocycles. The highest BCUT2D eigenvalue weighted by molar-refractivity contribution is 4.89. The highest BCUT2D eigenvalue weighted by Gasteiger charge is 2.60. The van der Waals surface area contributed by atoms with Crippen LogP contribution in [0.4, 0.5) is 26.3 Å². The summed E-state index contributed by atoms with van der Waals surface area (Å²) in [5.41, 5.74) is 0. The van der Waals surface area contributed by atoms with E-state index in [-0.39, 0.29) is 12.3 Å². The van der Waals surface area contributed by atoms with Gasteiger partial charge in [-0.2, -0.15) is 26.3 Å². The van der Waals surface area contributed by atoms with Gasteiger partial charge in [0.1, 0.15) is 0 Å². The first-order valence-electron chi connectivity index (χ1n) is 5.47. The van der Waals surface area contributed by atoms with E-state index in [1.165, 1.54) is 0 Å². The summed E-state index contributed by atoms with van der Waals surface area (Å²) in [5, 5.41) is 2.17. The Bertz CT molecular complexity index is 228. The summed E-state index contributed by atoms with van der Waals surface area (Å²) in [4.78, 5) is 0. The lowest BCUT2D eigenvalue weighted by molar-refractivity contribution is -0.292. The molecule has 0 bridgehead atoms. The average molecular weight is 263 g/mol. The molecule has 1 nitrogen and oxygen atoms in total. The number of alkyl halides is 6. The van der Waals surface area contributed by atoms with Gasteiger partial charge in [-0.25, -0.2) is 0 Å². The van der Waals surface area contributed by atoms with Crippen LogP contribution in [0.5, 0.6) is 0 Å².